The highest BCUT2D eigenvalue weighted by molar-refractivity contribution is 5.56. The Labute approximate surface area is 161 Å². The molecule has 15 nitrogen and oxygen atoms in total. The van der Waals surface area contributed by atoms with E-state index in [1.807, 2.05) is 0 Å². The molecule has 0 amide bonds. The van der Waals surface area contributed by atoms with Crippen LogP contribution >= 0.6 is 0 Å². The molecule has 4 rings (SSSR count). The van der Waals surface area contributed by atoms with Crippen LogP contribution in [0.4, 0.5) is 11.4 Å². The van der Waals surface area contributed by atoms with Crippen LogP contribution in [0.25, 0.3) is 0 Å². The zero-order valence-corrected chi connectivity index (χ0v) is 14.6. The van der Waals surface area contributed by atoms with Gasteiger partial charge in [0.15, 0.2) is 0 Å². The third-order valence-corrected chi connectivity index (χ3v) is 3.47. The van der Waals surface area contributed by atoms with E-state index in [-0.39, 0.29) is 40.0 Å². The summed E-state index contributed by atoms with van der Waals surface area (Å²) < 4.78 is 0. The Balaban J connectivity index is 1.35. The fourth-order valence-electron chi connectivity index (χ4n) is 2.16. The fourth-order valence-corrected chi connectivity index (χ4v) is 2.16. The van der Waals surface area contributed by atoms with Crippen molar-refractivity contribution in [3.8, 4) is 23.0 Å². The Morgan fingerprint density at radius 2 is 1.38 bits per heavy atom. The van der Waals surface area contributed by atoms with Gasteiger partial charge in [0, 0.05) is 22.2 Å². The molecular formula is C14H13N5O10-2. The Morgan fingerprint density at radius 1 is 0.828 bits per heavy atom. The number of hydrogen-bond acceptors (Lipinski definition) is 15. The predicted octanol–water partition coefficient (Wildman–Crippen LogP) is 0.908. The standard InChI is InChI=1S/C14H13N5O10/c1-15-8-17(27-19(21)10-3-5-12-14(7-10)25-29-23-12)16-26-18(20)9-2-4-11-13(6-9)24-28-22-11/h2-7,15-16H,8H2,1H3/q-2. The first-order chi connectivity index (χ1) is 14.1. The lowest BCUT2D eigenvalue weighted by atomic mass is 10.3. The molecule has 0 aromatic heterocycles. The van der Waals surface area contributed by atoms with Crippen LogP contribution in [-0.2, 0) is 20.0 Å². The smallest absolute Gasteiger partial charge is 0.217 e. The maximum absolute atomic E-state index is 12.2. The largest absolute Gasteiger partial charge is 0.732 e. The first-order valence-electron chi connectivity index (χ1n) is 7.92. The van der Waals surface area contributed by atoms with E-state index in [9.17, 15) is 10.4 Å². The van der Waals surface area contributed by atoms with Crippen molar-refractivity contribution in [1.82, 2.24) is 16.1 Å². The van der Waals surface area contributed by atoms with E-state index >= 15 is 0 Å². The number of fused-ring (bicyclic) bond motifs is 2. The van der Waals surface area contributed by atoms with Crippen LogP contribution in [0.3, 0.4) is 0 Å². The summed E-state index contributed by atoms with van der Waals surface area (Å²) in [5.41, 5.74) is 2.27. The lowest BCUT2D eigenvalue weighted by Gasteiger charge is -2.35. The third-order valence-electron chi connectivity index (χ3n) is 3.47. The van der Waals surface area contributed by atoms with Gasteiger partial charge >= 0.3 is 0 Å². The van der Waals surface area contributed by atoms with Crippen LogP contribution in [0.2, 0.25) is 0 Å². The maximum atomic E-state index is 12.2. The van der Waals surface area contributed by atoms with Crippen LogP contribution in [0.1, 0.15) is 0 Å². The number of hydroxylamine groups is 1. The summed E-state index contributed by atoms with van der Waals surface area (Å²) >= 11 is 0. The van der Waals surface area contributed by atoms with Gasteiger partial charge in [-0.2, -0.15) is 9.88 Å². The average molecular weight is 411 g/mol. The summed E-state index contributed by atoms with van der Waals surface area (Å²) in [5.74, 6) is 0.972. The molecule has 0 atom stereocenters. The maximum Gasteiger partial charge on any atom is 0.217 e. The zero-order chi connectivity index (χ0) is 20.2. The topological polar surface area (TPSA) is 154 Å². The van der Waals surface area contributed by atoms with E-state index in [0.29, 0.717) is 11.5 Å². The molecule has 2 heterocycles. The van der Waals surface area contributed by atoms with Gasteiger partial charge in [-0.25, -0.2) is 0 Å². The minimum absolute atomic E-state index is 0.0458. The van der Waals surface area contributed by atoms with Gasteiger partial charge in [-0.05, 0) is 31.3 Å². The van der Waals surface area contributed by atoms with Gasteiger partial charge in [0.25, 0.3) is 0 Å². The van der Waals surface area contributed by atoms with Crippen LogP contribution < -0.4 is 40.9 Å². The molecule has 0 aliphatic carbocycles. The molecule has 2 aliphatic rings. The lowest BCUT2D eigenvalue weighted by molar-refractivity contribution is -0.384. The Kier molecular flexibility index (Phi) is 5.62. The van der Waals surface area contributed by atoms with E-state index < -0.39 is 0 Å². The highest BCUT2D eigenvalue weighted by atomic mass is 17.5. The second-order valence-electron chi connectivity index (χ2n) is 5.40. The highest BCUT2D eigenvalue weighted by Crippen LogP contribution is 2.37. The van der Waals surface area contributed by atoms with Crippen LogP contribution in [0.15, 0.2) is 36.4 Å². The second kappa shape index (κ2) is 8.49. The van der Waals surface area contributed by atoms with Crippen LogP contribution in [-0.4, -0.2) is 18.9 Å². The van der Waals surface area contributed by atoms with Crippen molar-refractivity contribution >= 4 is 11.4 Å². The van der Waals surface area contributed by atoms with Gasteiger partial charge in [-0.15, -0.1) is 0 Å². The molecule has 2 N–H and O–H groups in total. The molecule has 15 heteroatoms. The van der Waals surface area contributed by atoms with E-state index in [4.69, 9.17) is 19.7 Å². The first-order valence-corrected chi connectivity index (χ1v) is 7.92. The van der Waals surface area contributed by atoms with Gasteiger partial charge < -0.3 is 15.7 Å². The number of hydrogen-bond donors (Lipinski definition) is 2. The van der Waals surface area contributed by atoms with Crippen LogP contribution in [0.5, 0.6) is 23.0 Å². The summed E-state index contributed by atoms with van der Waals surface area (Å²) in [6.07, 6.45) is 0. The van der Waals surface area contributed by atoms with Gasteiger partial charge in [0.2, 0.25) is 23.0 Å². The third kappa shape index (κ3) is 4.32. The number of nitrogens with one attached hydrogen (secondary N) is 2. The summed E-state index contributed by atoms with van der Waals surface area (Å²) in [7, 11) is 1.58. The van der Waals surface area contributed by atoms with E-state index in [0.717, 1.165) is 5.17 Å². The summed E-state index contributed by atoms with van der Waals surface area (Å²) in [4.78, 5) is 28.7. The molecule has 2 aromatic rings. The van der Waals surface area contributed by atoms with E-state index in [1.165, 1.54) is 36.4 Å². The average Bonchev–Trinajstić information content (AvgIpc) is 3.39. The predicted molar refractivity (Wildman–Crippen MR) is 90.3 cm³/mol. The van der Waals surface area contributed by atoms with Gasteiger partial charge in [0.1, 0.15) is 0 Å². The van der Waals surface area contributed by atoms with Crippen molar-refractivity contribution in [2.45, 2.75) is 0 Å². The normalized spacial score (nSPS) is 13.8. The van der Waals surface area contributed by atoms with Crippen molar-refractivity contribution in [2.24, 2.45) is 0 Å². The van der Waals surface area contributed by atoms with Crippen molar-refractivity contribution in [2.75, 3.05) is 24.2 Å². The van der Waals surface area contributed by atoms with Crippen LogP contribution in [0, 0.1) is 10.4 Å². The molecular weight excluding hydrogens is 398 g/mol. The van der Waals surface area contributed by atoms with Gasteiger partial charge in [-0.3, -0.25) is 30.0 Å². The summed E-state index contributed by atoms with van der Waals surface area (Å²) in [6.45, 7) is -0.0464. The number of anilines is 2. The van der Waals surface area contributed by atoms with Crippen molar-refractivity contribution in [1.29, 1.82) is 0 Å². The quantitative estimate of drug-likeness (QED) is 0.341. The SMILES string of the molecule is CNCN(NON([O-])c1ccc2c(c1)OOO2)ON([O-])c1ccc2c(c1)OOO2. The Morgan fingerprint density at radius 3 is 1.97 bits per heavy atom. The van der Waals surface area contributed by atoms with Gasteiger partial charge in [0.05, 0.1) is 18.0 Å². The fraction of sp³-hybridized carbons (Fsp3) is 0.143. The molecule has 0 bridgehead atoms. The summed E-state index contributed by atoms with van der Waals surface area (Å²) in [5, 5.41) is 36.7. The minimum atomic E-state index is -0.0464. The monoisotopic (exact) mass is 411 g/mol. The van der Waals surface area contributed by atoms with Gasteiger partial charge in [-0.1, -0.05) is 10.8 Å². The number of rotatable bonds is 9. The molecule has 0 radical (unpaired) electrons. The molecule has 0 saturated heterocycles. The highest BCUT2D eigenvalue weighted by Gasteiger charge is 2.19. The van der Waals surface area contributed by atoms with Crippen molar-refractivity contribution in [3.63, 3.8) is 0 Å². The molecule has 0 saturated carbocycles. The molecule has 156 valence electrons. The summed E-state index contributed by atoms with van der Waals surface area (Å²) in [6, 6.07) is 8.31. The minimum Gasteiger partial charge on any atom is -0.732 e. The molecule has 2 aromatic carbocycles. The molecule has 0 unspecified atom stereocenters. The first kappa shape index (κ1) is 19.2. The molecule has 29 heavy (non-hydrogen) atoms. The Bertz CT molecular complexity index is 858. The van der Waals surface area contributed by atoms with Crippen molar-refractivity contribution in [3.05, 3.63) is 46.8 Å². The molecule has 2 aliphatic heterocycles. The number of benzene rings is 2. The Hall–Kier alpha value is -3.12. The number of hydrazine groups is 1. The zero-order valence-electron chi connectivity index (χ0n) is 14.6. The number of nitrogens with zero attached hydrogens (tertiary/aromatic N) is 3. The molecule has 0 spiro atoms. The lowest BCUT2D eigenvalue weighted by Crippen LogP contribution is -2.48. The van der Waals surface area contributed by atoms with Crippen molar-refractivity contribution < 1.29 is 39.5 Å². The second-order valence-corrected chi connectivity index (χ2v) is 5.40. The van der Waals surface area contributed by atoms with E-state index in [2.05, 4.69) is 30.8 Å². The molecule has 0 fully saturated rings. The van der Waals surface area contributed by atoms with E-state index in [1.54, 1.807) is 7.05 Å².